The summed E-state index contributed by atoms with van der Waals surface area (Å²) >= 11 is 0. The molecule has 82 valence electrons. The predicted molar refractivity (Wildman–Crippen MR) is 63.1 cm³/mol. The molecule has 0 unspecified atom stereocenters. The first-order valence-corrected chi connectivity index (χ1v) is 5.79. The number of ether oxygens (including phenoxy) is 1. The van der Waals surface area contributed by atoms with Gasteiger partial charge < -0.3 is 4.74 Å². The lowest BCUT2D eigenvalue weighted by Crippen LogP contribution is -2.11. The van der Waals surface area contributed by atoms with Gasteiger partial charge in [0.05, 0.1) is 6.10 Å². The van der Waals surface area contributed by atoms with Gasteiger partial charge in [0, 0.05) is 6.61 Å². The summed E-state index contributed by atoms with van der Waals surface area (Å²) < 4.78 is 5.71. The third-order valence-corrected chi connectivity index (χ3v) is 3.05. The van der Waals surface area contributed by atoms with Crippen molar-refractivity contribution in [1.82, 2.24) is 0 Å². The topological polar surface area (TPSA) is 9.23 Å². The molecule has 0 amide bonds. The molecular formula is C14H20O. The van der Waals surface area contributed by atoms with Crippen molar-refractivity contribution in [3.05, 3.63) is 35.4 Å². The van der Waals surface area contributed by atoms with Crippen LogP contribution in [0.2, 0.25) is 0 Å². The highest BCUT2D eigenvalue weighted by atomic mass is 16.5. The van der Waals surface area contributed by atoms with Gasteiger partial charge in [-0.2, -0.15) is 0 Å². The number of hydrogen-bond donors (Lipinski definition) is 0. The number of rotatable bonds is 1. The van der Waals surface area contributed by atoms with Gasteiger partial charge in [-0.05, 0) is 29.4 Å². The van der Waals surface area contributed by atoms with Crippen molar-refractivity contribution >= 4 is 0 Å². The Morgan fingerprint density at radius 3 is 2.67 bits per heavy atom. The third-order valence-electron chi connectivity index (χ3n) is 3.05. The Bertz CT molecular complexity index is 329. The first-order valence-electron chi connectivity index (χ1n) is 5.79. The molecule has 1 atom stereocenters. The highest BCUT2D eigenvalue weighted by molar-refractivity contribution is 5.30. The quantitative estimate of drug-likeness (QED) is 0.675. The van der Waals surface area contributed by atoms with Gasteiger partial charge in [-0.15, -0.1) is 0 Å². The minimum absolute atomic E-state index is 0.231. The van der Waals surface area contributed by atoms with E-state index < -0.39 is 0 Å². The zero-order valence-electron chi connectivity index (χ0n) is 9.92. The van der Waals surface area contributed by atoms with Crippen LogP contribution in [0.3, 0.4) is 0 Å². The summed E-state index contributed by atoms with van der Waals surface area (Å²) in [6.45, 7) is 7.68. The third kappa shape index (κ3) is 2.40. The van der Waals surface area contributed by atoms with E-state index in [-0.39, 0.29) is 5.41 Å². The van der Waals surface area contributed by atoms with E-state index in [9.17, 15) is 0 Å². The summed E-state index contributed by atoms with van der Waals surface area (Å²) in [5, 5.41) is 0. The molecule has 0 spiro atoms. The van der Waals surface area contributed by atoms with Crippen LogP contribution in [0.5, 0.6) is 0 Å². The van der Waals surface area contributed by atoms with E-state index in [1.54, 1.807) is 0 Å². The summed E-state index contributed by atoms with van der Waals surface area (Å²) in [6, 6.07) is 8.84. The molecule has 1 aliphatic rings. The Morgan fingerprint density at radius 1 is 1.27 bits per heavy atom. The average molecular weight is 204 g/mol. The SMILES string of the molecule is CC(C)(C)c1cccc([C@H]2CCCO2)c1. The first-order chi connectivity index (χ1) is 7.07. The summed E-state index contributed by atoms with van der Waals surface area (Å²) in [7, 11) is 0. The zero-order chi connectivity index (χ0) is 10.9. The maximum absolute atomic E-state index is 5.71. The average Bonchev–Trinajstić information content (AvgIpc) is 2.69. The van der Waals surface area contributed by atoms with Crippen molar-refractivity contribution in [3.63, 3.8) is 0 Å². The number of hydrogen-bond acceptors (Lipinski definition) is 1. The maximum Gasteiger partial charge on any atom is 0.0825 e. The van der Waals surface area contributed by atoms with E-state index in [0.717, 1.165) is 6.61 Å². The largest absolute Gasteiger partial charge is 0.374 e. The van der Waals surface area contributed by atoms with E-state index in [4.69, 9.17) is 4.74 Å². The maximum atomic E-state index is 5.71. The highest BCUT2D eigenvalue weighted by Crippen LogP contribution is 2.31. The normalized spacial score (nSPS) is 21.9. The molecule has 1 fully saturated rings. The molecule has 2 rings (SSSR count). The highest BCUT2D eigenvalue weighted by Gasteiger charge is 2.20. The van der Waals surface area contributed by atoms with Gasteiger partial charge in [-0.3, -0.25) is 0 Å². The van der Waals surface area contributed by atoms with Crippen LogP contribution in [-0.2, 0) is 10.2 Å². The fourth-order valence-corrected chi connectivity index (χ4v) is 2.05. The second-order valence-corrected chi connectivity index (χ2v) is 5.38. The molecule has 15 heavy (non-hydrogen) atoms. The van der Waals surface area contributed by atoms with Crippen molar-refractivity contribution in [2.75, 3.05) is 6.61 Å². The standard InChI is InChI=1S/C14H20O/c1-14(2,3)12-7-4-6-11(10-12)13-8-5-9-15-13/h4,6-7,10,13H,5,8-9H2,1-3H3/t13-/m1/s1. The summed E-state index contributed by atoms with van der Waals surface area (Å²) in [6.07, 6.45) is 2.71. The molecule has 1 aliphatic heterocycles. The van der Waals surface area contributed by atoms with E-state index in [1.165, 1.54) is 24.0 Å². The molecule has 0 N–H and O–H groups in total. The molecule has 1 heteroatoms. The van der Waals surface area contributed by atoms with Gasteiger partial charge in [0.15, 0.2) is 0 Å². The van der Waals surface area contributed by atoms with Crippen LogP contribution in [0.25, 0.3) is 0 Å². The molecule has 1 saturated heterocycles. The van der Waals surface area contributed by atoms with E-state index in [0.29, 0.717) is 6.10 Å². The van der Waals surface area contributed by atoms with Crippen LogP contribution in [0.15, 0.2) is 24.3 Å². The molecule has 0 aliphatic carbocycles. The summed E-state index contributed by atoms with van der Waals surface area (Å²) in [5.41, 5.74) is 2.98. The molecule has 1 aromatic rings. The molecular weight excluding hydrogens is 184 g/mol. The van der Waals surface area contributed by atoms with E-state index in [1.807, 2.05) is 0 Å². The van der Waals surface area contributed by atoms with Crippen LogP contribution in [0, 0.1) is 0 Å². The van der Waals surface area contributed by atoms with Crippen molar-refractivity contribution < 1.29 is 4.74 Å². The molecule has 0 bridgehead atoms. The molecule has 1 heterocycles. The molecule has 0 radical (unpaired) electrons. The van der Waals surface area contributed by atoms with Gasteiger partial charge in [0.25, 0.3) is 0 Å². The zero-order valence-corrected chi connectivity index (χ0v) is 9.92. The van der Waals surface area contributed by atoms with Crippen molar-refractivity contribution in [3.8, 4) is 0 Å². The summed E-state index contributed by atoms with van der Waals surface area (Å²) in [4.78, 5) is 0. The Labute approximate surface area is 92.5 Å². The fraction of sp³-hybridized carbons (Fsp3) is 0.571. The lowest BCUT2D eigenvalue weighted by molar-refractivity contribution is 0.112. The van der Waals surface area contributed by atoms with Gasteiger partial charge in [0.2, 0.25) is 0 Å². The first kappa shape index (κ1) is 10.7. The Morgan fingerprint density at radius 2 is 2.07 bits per heavy atom. The van der Waals surface area contributed by atoms with Crippen molar-refractivity contribution in [2.24, 2.45) is 0 Å². The minimum Gasteiger partial charge on any atom is -0.374 e. The minimum atomic E-state index is 0.231. The van der Waals surface area contributed by atoms with Crippen LogP contribution in [0.4, 0.5) is 0 Å². The van der Waals surface area contributed by atoms with E-state index in [2.05, 4.69) is 45.0 Å². The second kappa shape index (κ2) is 3.97. The molecule has 1 nitrogen and oxygen atoms in total. The van der Waals surface area contributed by atoms with Gasteiger partial charge in [0.1, 0.15) is 0 Å². The smallest absolute Gasteiger partial charge is 0.0825 e. The van der Waals surface area contributed by atoms with Crippen molar-refractivity contribution in [1.29, 1.82) is 0 Å². The molecule has 0 aromatic heterocycles. The van der Waals surface area contributed by atoms with Crippen molar-refractivity contribution in [2.45, 2.75) is 45.1 Å². The Balaban J connectivity index is 2.26. The number of benzene rings is 1. The predicted octanol–water partition coefficient (Wildman–Crippen LogP) is 3.84. The van der Waals surface area contributed by atoms with E-state index >= 15 is 0 Å². The van der Waals surface area contributed by atoms with Crippen LogP contribution >= 0.6 is 0 Å². The monoisotopic (exact) mass is 204 g/mol. The lowest BCUT2D eigenvalue weighted by Gasteiger charge is -2.21. The molecule has 0 saturated carbocycles. The van der Waals surface area contributed by atoms with Gasteiger partial charge in [-0.1, -0.05) is 45.0 Å². The van der Waals surface area contributed by atoms with Gasteiger partial charge >= 0.3 is 0 Å². The van der Waals surface area contributed by atoms with Gasteiger partial charge in [-0.25, -0.2) is 0 Å². The lowest BCUT2D eigenvalue weighted by atomic mass is 9.85. The van der Waals surface area contributed by atoms with Crippen LogP contribution in [-0.4, -0.2) is 6.61 Å². The van der Waals surface area contributed by atoms with Crippen LogP contribution in [0.1, 0.15) is 50.8 Å². The molecule has 1 aromatic carbocycles. The summed E-state index contributed by atoms with van der Waals surface area (Å²) in [5.74, 6) is 0. The fourth-order valence-electron chi connectivity index (χ4n) is 2.05. The Hall–Kier alpha value is -0.820. The Kier molecular flexibility index (Phi) is 2.83. The van der Waals surface area contributed by atoms with Crippen LogP contribution < -0.4 is 0 Å². The second-order valence-electron chi connectivity index (χ2n) is 5.38.